The van der Waals surface area contributed by atoms with E-state index >= 15 is 0 Å². The molecular weight excluding hydrogens is 304 g/mol. The summed E-state index contributed by atoms with van der Waals surface area (Å²) in [6.45, 7) is 0.232. The molecule has 0 spiro atoms. The number of hydrogen-bond donors (Lipinski definition) is 2. The first-order valence-corrected chi connectivity index (χ1v) is 7.05. The maximum atomic E-state index is 12.1. The topological polar surface area (TPSA) is 105 Å². The molecule has 1 aromatic rings. The van der Waals surface area contributed by atoms with Gasteiger partial charge in [0.25, 0.3) is 5.91 Å². The van der Waals surface area contributed by atoms with Gasteiger partial charge in [0.15, 0.2) is 6.10 Å². The second-order valence-corrected chi connectivity index (χ2v) is 4.95. The molecule has 1 fully saturated rings. The lowest BCUT2D eigenvalue weighted by atomic mass is 10.2. The van der Waals surface area contributed by atoms with E-state index in [1.165, 1.54) is 12.0 Å². The normalized spacial score (nSPS) is 17.4. The van der Waals surface area contributed by atoms with E-state index in [0.29, 0.717) is 17.9 Å². The Kier molecular flexibility index (Phi) is 5.53. The van der Waals surface area contributed by atoms with E-state index in [1.54, 1.807) is 24.3 Å². The van der Waals surface area contributed by atoms with E-state index < -0.39 is 18.0 Å². The molecule has 124 valence electrons. The first-order chi connectivity index (χ1) is 11.0. The molecule has 1 aromatic carbocycles. The standard InChI is InChI=1S/C15H18N2O6/c1-22-11-4-2-3-10(7-11)14(19)16-8-13(18)17-5-6-23-12(9-17)15(20)21/h2-4,7,12H,5-6,8-9H2,1H3,(H,16,19)(H,20,21). The Morgan fingerprint density at radius 2 is 2.22 bits per heavy atom. The lowest BCUT2D eigenvalue weighted by molar-refractivity contribution is -0.159. The Balaban J connectivity index is 1.88. The fourth-order valence-electron chi connectivity index (χ4n) is 2.16. The molecule has 1 aliphatic rings. The van der Waals surface area contributed by atoms with Crippen molar-refractivity contribution in [3.63, 3.8) is 0 Å². The van der Waals surface area contributed by atoms with Gasteiger partial charge in [-0.2, -0.15) is 0 Å². The van der Waals surface area contributed by atoms with Crippen LogP contribution in [0.2, 0.25) is 0 Å². The minimum absolute atomic E-state index is 0.0246. The van der Waals surface area contributed by atoms with Gasteiger partial charge < -0.3 is 24.8 Å². The van der Waals surface area contributed by atoms with Gasteiger partial charge in [-0.25, -0.2) is 4.79 Å². The molecule has 0 aromatic heterocycles. The molecule has 2 N–H and O–H groups in total. The van der Waals surface area contributed by atoms with Gasteiger partial charge in [-0.1, -0.05) is 6.07 Å². The molecule has 1 atom stereocenters. The highest BCUT2D eigenvalue weighted by Gasteiger charge is 2.28. The molecule has 2 amide bonds. The number of ether oxygens (including phenoxy) is 2. The summed E-state index contributed by atoms with van der Waals surface area (Å²) in [6, 6.07) is 6.56. The number of aliphatic carboxylic acids is 1. The van der Waals surface area contributed by atoms with Gasteiger partial charge in [-0.05, 0) is 18.2 Å². The summed E-state index contributed by atoms with van der Waals surface area (Å²) in [5.41, 5.74) is 0.377. The Morgan fingerprint density at radius 3 is 2.91 bits per heavy atom. The molecule has 8 nitrogen and oxygen atoms in total. The Hall–Kier alpha value is -2.61. The van der Waals surface area contributed by atoms with Crippen LogP contribution in [0.1, 0.15) is 10.4 Å². The number of morpholine rings is 1. The predicted molar refractivity (Wildman–Crippen MR) is 79.3 cm³/mol. The van der Waals surface area contributed by atoms with E-state index in [1.807, 2.05) is 0 Å². The van der Waals surface area contributed by atoms with E-state index in [0.717, 1.165) is 0 Å². The molecular formula is C15H18N2O6. The van der Waals surface area contributed by atoms with Gasteiger partial charge in [0.05, 0.1) is 26.8 Å². The molecule has 1 unspecified atom stereocenters. The van der Waals surface area contributed by atoms with Crippen LogP contribution in [0.5, 0.6) is 5.75 Å². The fourth-order valence-corrected chi connectivity index (χ4v) is 2.16. The van der Waals surface area contributed by atoms with Gasteiger partial charge >= 0.3 is 5.97 Å². The van der Waals surface area contributed by atoms with Gasteiger partial charge in [0.1, 0.15) is 5.75 Å². The Labute approximate surface area is 133 Å². The first-order valence-electron chi connectivity index (χ1n) is 7.05. The molecule has 0 saturated carbocycles. The number of carboxylic acids is 1. The highest BCUT2D eigenvalue weighted by Crippen LogP contribution is 2.12. The van der Waals surface area contributed by atoms with Crippen molar-refractivity contribution < 1.29 is 29.0 Å². The van der Waals surface area contributed by atoms with Crippen molar-refractivity contribution in [2.45, 2.75) is 6.10 Å². The molecule has 0 radical (unpaired) electrons. The number of carboxylic acid groups (broad SMARTS) is 1. The highest BCUT2D eigenvalue weighted by atomic mass is 16.5. The third kappa shape index (κ3) is 4.43. The summed E-state index contributed by atoms with van der Waals surface area (Å²) >= 11 is 0. The number of carbonyl (C=O) groups excluding carboxylic acids is 2. The van der Waals surface area contributed by atoms with Crippen molar-refractivity contribution >= 4 is 17.8 Å². The monoisotopic (exact) mass is 322 g/mol. The van der Waals surface area contributed by atoms with Crippen LogP contribution in [0.25, 0.3) is 0 Å². The number of benzene rings is 1. The molecule has 0 bridgehead atoms. The lowest BCUT2D eigenvalue weighted by Crippen LogP contribution is -2.51. The second kappa shape index (κ2) is 7.59. The SMILES string of the molecule is COc1cccc(C(=O)NCC(=O)N2CCOC(C(=O)O)C2)c1. The largest absolute Gasteiger partial charge is 0.497 e. The van der Waals surface area contributed by atoms with Crippen molar-refractivity contribution in [1.82, 2.24) is 10.2 Å². The smallest absolute Gasteiger partial charge is 0.334 e. The zero-order valence-electron chi connectivity index (χ0n) is 12.7. The number of amides is 2. The summed E-state index contributed by atoms with van der Waals surface area (Å²) in [5.74, 6) is -1.32. The maximum Gasteiger partial charge on any atom is 0.334 e. The van der Waals surface area contributed by atoms with Crippen LogP contribution in [-0.4, -0.2) is 67.2 Å². The zero-order valence-corrected chi connectivity index (χ0v) is 12.7. The van der Waals surface area contributed by atoms with Crippen molar-refractivity contribution in [3.8, 4) is 5.75 Å². The van der Waals surface area contributed by atoms with E-state index in [9.17, 15) is 14.4 Å². The second-order valence-electron chi connectivity index (χ2n) is 4.95. The summed E-state index contributed by atoms with van der Waals surface area (Å²) in [7, 11) is 1.50. The molecule has 0 aliphatic carbocycles. The van der Waals surface area contributed by atoms with Crippen molar-refractivity contribution in [3.05, 3.63) is 29.8 Å². The van der Waals surface area contributed by atoms with Crippen molar-refractivity contribution in [2.75, 3.05) is 33.4 Å². The third-order valence-electron chi connectivity index (χ3n) is 3.43. The van der Waals surface area contributed by atoms with Gasteiger partial charge in [0.2, 0.25) is 5.91 Å². The Bertz CT molecular complexity index is 603. The molecule has 8 heteroatoms. The summed E-state index contributed by atoms with van der Waals surface area (Å²) in [6.07, 6.45) is -1.03. The molecule has 1 aliphatic heterocycles. The quantitative estimate of drug-likeness (QED) is 0.773. The number of hydrogen-bond acceptors (Lipinski definition) is 5. The minimum Gasteiger partial charge on any atom is -0.497 e. The van der Waals surface area contributed by atoms with Crippen LogP contribution in [0.3, 0.4) is 0 Å². The van der Waals surface area contributed by atoms with Gasteiger partial charge in [0, 0.05) is 12.1 Å². The first kappa shape index (κ1) is 16.8. The summed E-state index contributed by atoms with van der Waals surface area (Å²) in [5, 5.41) is 11.4. The van der Waals surface area contributed by atoms with Crippen LogP contribution in [0.15, 0.2) is 24.3 Å². The fraction of sp³-hybridized carbons (Fsp3) is 0.400. The van der Waals surface area contributed by atoms with Crippen molar-refractivity contribution in [2.24, 2.45) is 0 Å². The maximum absolute atomic E-state index is 12.1. The summed E-state index contributed by atoms with van der Waals surface area (Å²) < 4.78 is 10.1. The molecule has 1 heterocycles. The zero-order chi connectivity index (χ0) is 16.8. The lowest BCUT2D eigenvalue weighted by Gasteiger charge is -2.30. The van der Waals surface area contributed by atoms with Crippen LogP contribution in [0.4, 0.5) is 0 Å². The number of nitrogens with zero attached hydrogens (tertiary/aromatic N) is 1. The number of nitrogens with one attached hydrogen (secondary N) is 1. The van der Waals surface area contributed by atoms with E-state index in [-0.39, 0.29) is 25.6 Å². The Morgan fingerprint density at radius 1 is 1.43 bits per heavy atom. The van der Waals surface area contributed by atoms with Crippen LogP contribution in [0, 0.1) is 0 Å². The third-order valence-corrected chi connectivity index (χ3v) is 3.43. The summed E-state index contributed by atoms with van der Waals surface area (Å²) in [4.78, 5) is 36.3. The number of carbonyl (C=O) groups is 3. The average Bonchev–Trinajstić information content (AvgIpc) is 2.59. The van der Waals surface area contributed by atoms with Crippen LogP contribution >= 0.6 is 0 Å². The van der Waals surface area contributed by atoms with Gasteiger partial charge in [-0.3, -0.25) is 9.59 Å². The molecule has 2 rings (SSSR count). The minimum atomic E-state index is -1.11. The highest BCUT2D eigenvalue weighted by molar-refractivity contribution is 5.96. The number of rotatable bonds is 5. The van der Waals surface area contributed by atoms with Gasteiger partial charge in [-0.15, -0.1) is 0 Å². The van der Waals surface area contributed by atoms with Crippen LogP contribution < -0.4 is 10.1 Å². The average molecular weight is 322 g/mol. The van der Waals surface area contributed by atoms with E-state index in [4.69, 9.17) is 14.6 Å². The predicted octanol–water partition coefficient (Wildman–Crippen LogP) is -0.263. The molecule has 1 saturated heterocycles. The van der Waals surface area contributed by atoms with Crippen LogP contribution in [-0.2, 0) is 14.3 Å². The molecule has 23 heavy (non-hydrogen) atoms. The van der Waals surface area contributed by atoms with E-state index in [2.05, 4.69) is 5.32 Å². The number of methoxy groups -OCH3 is 1. The van der Waals surface area contributed by atoms with Crippen molar-refractivity contribution in [1.29, 1.82) is 0 Å².